The normalized spacial score (nSPS) is 18.3. The fourth-order valence-corrected chi connectivity index (χ4v) is 3.06. The molecular formula is C15H20ClN3O3. The molecule has 1 aliphatic rings. The van der Waals surface area contributed by atoms with Crippen LogP contribution in [0.2, 0.25) is 5.02 Å². The van der Waals surface area contributed by atoms with Crippen LogP contribution in [-0.4, -0.2) is 42.4 Å². The van der Waals surface area contributed by atoms with Gasteiger partial charge in [0.25, 0.3) is 5.69 Å². The minimum absolute atomic E-state index is 0.0246. The lowest BCUT2D eigenvalue weighted by Crippen LogP contribution is -2.43. The number of halogens is 1. The largest absolute Gasteiger partial charge is 0.342 e. The minimum Gasteiger partial charge on any atom is -0.342 e. The van der Waals surface area contributed by atoms with Crippen LogP contribution in [0.15, 0.2) is 18.2 Å². The number of amides is 1. The molecule has 1 unspecified atom stereocenters. The molecule has 1 saturated heterocycles. The summed E-state index contributed by atoms with van der Waals surface area (Å²) in [7, 11) is 1.91. The highest BCUT2D eigenvalue weighted by Gasteiger charge is 2.24. The van der Waals surface area contributed by atoms with Crippen molar-refractivity contribution in [3.05, 3.63) is 38.9 Å². The zero-order chi connectivity index (χ0) is 16.1. The fourth-order valence-electron chi connectivity index (χ4n) is 2.81. The Morgan fingerprint density at radius 1 is 1.55 bits per heavy atom. The van der Waals surface area contributed by atoms with E-state index in [1.54, 1.807) is 6.07 Å². The molecule has 2 rings (SSSR count). The molecule has 7 heteroatoms. The van der Waals surface area contributed by atoms with Crippen LogP contribution in [0.5, 0.6) is 0 Å². The summed E-state index contributed by atoms with van der Waals surface area (Å²) in [6.45, 7) is 2.43. The van der Waals surface area contributed by atoms with Gasteiger partial charge in [-0.1, -0.05) is 17.7 Å². The van der Waals surface area contributed by atoms with Gasteiger partial charge in [0.1, 0.15) is 0 Å². The monoisotopic (exact) mass is 325 g/mol. The Hall–Kier alpha value is -1.66. The number of carbonyl (C=O) groups excluding carboxylic acids is 1. The van der Waals surface area contributed by atoms with E-state index in [1.807, 2.05) is 11.9 Å². The van der Waals surface area contributed by atoms with E-state index in [9.17, 15) is 14.9 Å². The Balaban J connectivity index is 2.01. The van der Waals surface area contributed by atoms with Crippen molar-refractivity contribution in [3.63, 3.8) is 0 Å². The van der Waals surface area contributed by atoms with E-state index in [4.69, 9.17) is 11.6 Å². The standard InChI is InChI=1S/C15H20ClN3O3/c1-17-9-11-3-2-6-18(10-11)15(20)7-12-4-5-13(19(21)22)8-14(12)16/h4-5,8,11,17H,2-3,6-7,9-10H2,1H3. The highest BCUT2D eigenvalue weighted by atomic mass is 35.5. The number of non-ortho nitro benzene ring substituents is 1. The predicted molar refractivity (Wildman–Crippen MR) is 85.0 cm³/mol. The van der Waals surface area contributed by atoms with E-state index in [0.29, 0.717) is 11.5 Å². The summed E-state index contributed by atoms with van der Waals surface area (Å²) >= 11 is 6.05. The number of piperidine rings is 1. The van der Waals surface area contributed by atoms with Crippen LogP contribution in [0, 0.1) is 16.0 Å². The maximum Gasteiger partial charge on any atom is 0.270 e. The van der Waals surface area contributed by atoms with E-state index in [0.717, 1.165) is 32.5 Å². The first-order valence-electron chi connectivity index (χ1n) is 7.36. The Kier molecular flexibility index (Phi) is 5.74. The zero-order valence-corrected chi connectivity index (χ0v) is 13.3. The predicted octanol–water partition coefficient (Wildman–Crippen LogP) is 2.25. The maximum absolute atomic E-state index is 12.4. The number of hydrogen-bond acceptors (Lipinski definition) is 4. The fraction of sp³-hybridized carbons (Fsp3) is 0.533. The van der Waals surface area contributed by atoms with Gasteiger partial charge in [-0.2, -0.15) is 0 Å². The van der Waals surface area contributed by atoms with E-state index >= 15 is 0 Å². The quantitative estimate of drug-likeness (QED) is 0.665. The van der Waals surface area contributed by atoms with Crippen molar-refractivity contribution in [2.24, 2.45) is 5.92 Å². The molecule has 0 saturated carbocycles. The summed E-state index contributed by atoms with van der Waals surface area (Å²) in [4.78, 5) is 24.5. The second kappa shape index (κ2) is 7.56. The molecule has 120 valence electrons. The van der Waals surface area contributed by atoms with Crippen molar-refractivity contribution in [2.75, 3.05) is 26.7 Å². The lowest BCUT2D eigenvalue weighted by Gasteiger charge is -2.33. The Labute approximate surface area is 134 Å². The Bertz CT molecular complexity index is 563. The summed E-state index contributed by atoms with van der Waals surface area (Å²) in [6.07, 6.45) is 2.32. The Morgan fingerprint density at radius 3 is 2.95 bits per heavy atom. The maximum atomic E-state index is 12.4. The Morgan fingerprint density at radius 2 is 2.32 bits per heavy atom. The second-order valence-electron chi connectivity index (χ2n) is 5.62. The summed E-state index contributed by atoms with van der Waals surface area (Å²) in [5, 5.41) is 14.1. The molecule has 0 spiro atoms. The SMILES string of the molecule is CNCC1CCCN(C(=O)Cc2ccc([N+](=O)[O-])cc2Cl)C1. The van der Waals surface area contributed by atoms with Gasteiger partial charge < -0.3 is 10.2 Å². The molecule has 0 radical (unpaired) electrons. The molecule has 1 aromatic rings. The molecule has 1 aromatic carbocycles. The molecule has 1 heterocycles. The topological polar surface area (TPSA) is 75.5 Å². The van der Waals surface area contributed by atoms with Gasteiger partial charge in [0.2, 0.25) is 5.91 Å². The number of benzene rings is 1. The van der Waals surface area contributed by atoms with Gasteiger partial charge in [0, 0.05) is 25.2 Å². The second-order valence-corrected chi connectivity index (χ2v) is 6.02. The summed E-state index contributed by atoms with van der Waals surface area (Å²) < 4.78 is 0. The highest BCUT2D eigenvalue weighted by Crippen LogP contribution is 2.24. The summed E-state index contributed by atoms with van der Waals surface area (Å²) in [6, 6.07) is 4.24. The van der Waals surface area contributed by atoms with Crippen LogP contribution in [-0.2, 0) is 11.2 Å². The molecule has 1 atom stereocenters. The lowest BCUT2D eigenvalue weighted by atomic mass is 9.97. The van der Waals surface area contributed by atoms with Crippen molar-refractivity contribution >= 4 is 23.2 Å². The van der Waals surface area contributed by atoms with Crippen LogP contribution in [0.3, 0.4) is 0 Å². The summed E-state index contributed by atoms with van der Waals surface area (Å²) in [5.41, 5.74) is 0.571. The van der Waals surface area contributed by atoms with Crippen LogP contribution in [0.1, 0.15) is 18.4 Å². The first-order chi connectivity index (χ1) is 10.5. The van der Waals surface area contributed by atoms with E-state index in [1.165, 1.54) is 12.1 Å². The smallest absolute Gasteiger partial charge is 0.270 e. The van der Waals surface area contributed by atoms with Crippen molar-refractivity contribution in [3.8, 4) is 0 Å². The zero-order valence-electron chi connectivity index (χ0n) is 12.5. The number of nitrogens with one attached hydrogen (secondary N) is 1. The lowest BCUT2D eigenvalue weighted by molar-refractivity contribution is -0.384. The molecule has 1 amide bonds. The molecule has 6 nitrogen and oxygen atoms in total. The number of carbonyl (C=O) groups is 1. The molecule has 0 bridgehead atoms. The van der Waals surface area contributed by atoms with Gasteiger partial charge in [-0.25, -0.2) is 0 Å². The van der Waals surface area contributed by atoms with Gasteiger partial charge in [-0.3, -0.25) is 14.9 Å². The van der Waals surface area contributed by atoms with Crippen LogP contribution in [0.25, 0.3) is 0 Å². The van der Waals surface area contributed by atoms with Gasteiger partial charge >= 0.3 is 0 Å². The third-order valence-corrected chi connectivity index (χ3v) is 4.31. The highest BCUT2D eigenvalue weighted by molar-refractivity contribution is 6.31. The molecule has 22 heavy (non-hydrogen) atoms. The number of likely N-dealkylation sites (tertiary alicyclic amines) is 1. The molecular weight excluding hydrogens is 306 g/mol. The number of rotatable bonds is 5. The third kappa shape index (κ3) is 4.18. The van der Waals surface area contributed by atoms with Crippen molar-refractivity contribution in [1.82, 2.24) is 10.2 Å². The molecule has 1 N–H and O–H groups in total. The molecule has 1 aliphatic heterocycles. The average Bonchev–Trinajstić information content (AvgIpc) is 2.49. The van der Waals surface area contributed by atoms with Crippen molar-refractivity contribution in [2.45, 2.75) is 19.3 Å². The number of nitro benzene ring substituents is 1. The molecule has 0 aliphatic carbocycles. The van der Waals surface area contributed by atoms with Crippen LogP contribution in [0.4, 0.5) is 5.69 Å². The van der Waals surface area contributed by atoms with Gasteiger partial charge in [0.05, 0.1) is 16.4 Å². The number of nitro groups is 1. The van der Waals surface area contributed by atoms with Crippen molar-refractivity contribution < 1.29 is 9.72 Å². The van der Waals surface area contributed by atoms with Gasteiger partial charge in [-0.15, -0.1) is 0 Å². The van der Waals surface area contributed by atoms with Crippen molar-refractivity contribution in [1.29, 1.82) is 0 Å². The summed E-state index contributed by atoms with van der Waals surface area (Å²) in [5.74, 6) is 0.506. The van der Waals surface area contributed by atoms with E-state index < -0.39 is 4.92 Å². The van der Waals surface area contributed by atoms with Crippen LogP contribution >= 0.6 is 11.6 Å². The minimum atomic E-state index is -0.496. The molecule has 0 aromatic heterocycles. The van der Waals surface area contributed by atoms with Gasteiger partial charge in [0.15, 0.2) is 0 Å². The third-order valence-electron chi connectivity index (χ3n) is 3.95. The first-order valence-corrected chi connectivity index (χ1v) is 7.74. The van der Waals surface area contributed by atoms with Crippen LogP contribution < -0.4 is 5.32 Å². The number of nitrogens with zero attached hydrogens (tertiary/aromatic N) is 2. The van der Waals surface area contributed by atoms with E-state index in [-0.39, 0.29) is 23.0 Å². The van der Waals surface area contributed by atoms with E-state index in [2.05, 4.69) is 5.32 Å². The number of hydrogen-bond donors (Lipinski definition) is 1. The van der Waals surface area contributed by atoms with Gasteiger partial charge in [-0.05, 0) is 37.9 Å². The first kappa shape index (κ1) is 16.7. The molecule has 1 fully saturated rings. The average molecular weight is 326 g/mol.